The first kappa shape index (κ1) is 34.0. The van der Waals surface area contributed by atoms with Crippen LogP contribution in [-0.4, -0.2) is 54.1 Å². The van der Waals surface area contributed by atoms with Gasteiger partial charge in [0, 0.05) is 6.07 Å². The van der Waals surface area contributed by atoms with Gasteiger partial charge < -0.3 is 9.84 Å². The van der Waals surface area contributed by atoms with E-state index in [1.807, 2.05) is 0 Å². The molecule has 0 spiro atoms. The molecule has 0 atom stereocenters. The first-order chi connectivity index (χ1) is 16.5. The van der Waals surface area contributed by atoms with Crippen molar-refractivity contribution in [2.45, 2.75) is 39.2 Å². The molecule has 0 saturated heterocycles. The number of aryl methyl sites for hydroxylation is 1. The van der Waals surface area contributed by atoms with Crippen LogP contribution in [0.15, 0.2) is 30.3 Å². The number of hydrogen-bond donors (Lipinski definition) is 2. The first-order valence-corrected chi connectivity index (χ1v) is 11.8. The lowest BCUT2D eigenvalue weighted by molar-refractivity contribution is -0.298. The number of halogens is 12. The summed E-state index contributed by atoms with van der Waals surface area (Å²) in [5.74, 6) is -0.545. The third kappa shape index (κ3) is 10.2. The van der Waals surface area contributed by atoms with E-state index in [9.17, 15) is 31.1 Å². The van der Waals surface area contributed by atoms with Crippen LogP contribution >= 0.6 is 69.6 Å². The van der Waals surface area contributed by atoms with Crippen LogP contribution in [0.4, 0.5) is 37.0 Å². The minimum Gasteiger partial charge on any atom is -0.465 e. The van der Waals surface area contributed by atoms with Crippen LogP contribution in [0.25, 0.3) is 5.69 Å². The highest BCUT2D eigenvalue weighted by Gasteiger charge is 2.70. The Kier molecular flexibility index (Phi) is 11.4. The number of carbonyl (C=O) groups is 1. The van der Waals surface area contributed by atoms with Crippen molar-refractivity contribution in [2.24, 2.45) is 0 Å². The van der Waals surface area contributed by atoms with Crippen LogP contribution in [0, 0.1) is 6.92 Å². The van der Waals surface area contributed by atoms with Gasteiger partial charge in [-0.2, -0.15) is 31.4 Å². The Labute approximate surface area is 236 Å². The minimum atomic E-state index is -5.70. The van der Waals surface area contributed by atoms with Crippen LogP contribution in [0.3, 0.4) is 0 Å². The average Bonchev–Trinajstić information content (AvgIpc) is 3.07. The molecular formula is C19H17Cl6F6N3O3. The van der Waals surface area contributed by atoms with Crippen molar-refractivity contribution < 1.29 is 41.0 Å². The van der Waals surface area contributed by atoms with Crippen molar-refractivity contribution in [3.05, 3.63) is 41.6 Å². The number of nitrogens with one attached hydrogen (secondary N) is 1. The maximum absolute atomic E-state index is 13.2. The molecule has 2 rings (SSSR count). The van der Waals surface area contributed by atoms with Gasteiger partial charge in [-0.25, -0.2) is 9.48 Å². The van der Waals surface area contributed by atoms with E-state index in [4.69, 9.17) is 79.4 Å². The standard InChI is InChI=1S/C15H13F6N3O2.C4H4Cl6O/c1-8-3-5-9(6-4-8)24-11(22-12(25)26)7-10(23-24)13(2,14(16,17)18)15(19,20)21;5-3(6,7)1-11-2-4(8,9)10/h3-7,22H,1-2H3,(H,25,26);1-2H2. The van der Waals surface area contributed by atoms with Crippen LogP contribution in [0.1, 0.15) is 18.2 Å². The van der Waals surface area contributed by atoms with Gasteiger partial charge in [0.05, 0.1) is 24.6 Å². The molecule has 0 radical (unpaired) electrons. The monoisotopic (exact) mass is 659 g/mol. The van der Waals surface area contributed by atoms with E-state index in [0.717, 1.165) is 5.56 Å². The van der Waals surface area contributed by atoms with Gasteiger partial charge in [-0.1, -0.05) is 87.3 Å². The van der Waals surface area contributed by atoms with Gasteiger partial charge in [-0.05, 0) is 26.0 Å². The number of ether oxygens (including phenoxy) is 1. The summed E-state index contributed by atoms with van der Waals surface area (Å²) in [6.07, 6.45) is -13.1. The highest BCUT2D eigenvalue weighted by atomic mass is 35.6. The number of nitrogens with zero attached hydrogens (tertiary/aromatic N) is 2. The zero-order valence-electron chi connectivity index (χ0n) is 18.5. The van der Waals surface area contributed by atoms with Crippen molar-refractivity contribution in [1.29, 1.82) is 0 Å². The molecule has 1 heterocycles. The van der Waals surface area contributed by atoms with Gasteiger partial charge >= 0.3 is 18.4 Å². The molecular weight excluding hydrogens is 645 g/mol. The summed E-state index contributed by atoms with van der Waals surface area (Å²) < 4.78 is 82.0. The van der Waals surface area contributed by atoms with Gasteiger partial charge in [0.1, 0.15) is 5.82 Å². The Hall–Kier alpha value is -1.02. The second-order valence-electron chi connectivity index (χ2n) is 7.44. The number of benzene rings is 1. The number of carboxylic acid groups (broad SMARTS) is 1. The zero-order chi connectivity index (χ0) is 29.0. The lowest BCUT2D eigenvalue weighted by Gasteiger charge is -2.32. The van der Waals surface area contributed by atoms with Crippen LogP contribution < -0.4 is 5.32 Å². The predicted molar refractivity (Wildman–Crippen MR) is 131 cm³/mol. The predicted octanol–water partition coefficient (Wildman–Crippen LogP) is 8.40. The fraction of sp³-hybridized carbons (Fsp3) is 0.474. The topological polar surface area (TPSA) is 76.4 Å². The van der Waals surface area contributed by atoms with E-state index in [1.165, 1.54) is 12.1 Å². The molecule has 18 heteroatoms. The number of aromatic nitrogens is 2. The molecule has 37 heavy (non-hydrogen) atoms. The van der Waals surface area contributed by atoms with Crippen molar-refractivity contribution in [3.63, 3.8) is 0 Å². The first-order valence-electron chi connectivity index (χ1n) is 9.50. The molecule has 0 saturated carbocycles. The molecule has 0 bridgehead atoms. The molecule has 1 aromatic carbocycles. The molecule has 210 valence electrons. The molecule has 1 aromatic heterocycles. The summed E-state index contributed by atoms with van der Waals surface area (Å²) in [6.45, 7) is 1.47. The van der Waals surface area contributed by atoms with E-state index >= 15 is 0 Å². The summed E-state index contributed by atoms with van der Waals surface area (Å²) in [6, 6.07) is 6.30. The third-order valence-corrected chi connectivity index (χ3v) is 5.06. The van der Waals surface area contributed by atoms with Gasteiger partial charge in [-0.15, -0.1) is 0 Å². The lowest BCUT2D eigenvalue weighted by Crippen LogP contribution is -2.51. The smallest absolute Gasteiger partial charge is 0.410 e. The number of amides is 1. The molecule has 0 unspecified atom stereocenters. The maximum Gasteiger partial charge on any atom is 0.410 e. The molecule has 1 amide bonds. The summed E-state index contributed by atoms with van der Waals surface area (Å²) >= 11 is 32.0. The molecule has 0 aliphatic carbocycles. The summed E-state index contributed by atoms with van der Waals surface area (Å²) in [5.41, 5.74) is -4.77. The van der Waals surface area contributed by atoms with Gasteiger partial charge in [0.25, 0.3) is 0 Å². The number of alkyl halides is 12. The highest BCUT2D eigenvalue weighted by Crippen LogP contribution is 2.51. The summed E-state index contributed by atoms with van der Waals surface area (Å²) in [5, 5.41) is 14.0. The largest absolute Gasteiger partial charge is 0.465 e. The normalized spacial score (nSPS) is 13.1. The maximum atomic E-state index is 13.2. The van der Waals surface area contributed by atoms with Gasteiger partial charge in [-0.3, -0.25) is 5.32 Å². The molecule has 0 fully saturated rings. The minimum absolute atomic E-state index is 0.0423. The molecule has 0 aliphatic rings. The van der Waals surface area contributed by atoms with E-state index in [1.54, 1.807) is 24.4 Å². The second-order valence-corrected chi connectivity index (χ2v) is 12.5. The third-order valence-electron chi connectivity index (χ3n) is 4.40. The van der Waals surface area contributed by atoms with E-state index in [0.29, 0.717) is 10.7 Å². The van der Waals surface area contributed by atoms with Crippen molar-refractivity contribution >= 4 is 81.5 Å². The molecule has 2 N–H and O–H groups in total. The summed E-state index contributed by atoms with van der Waals surface area (Å²) in [4.78, 5) is 10.9. The highest BCUT2D eigenvalue weighted by molar-refractivity contribution is 6.68. The average molecular weight is 662 g/mol. The summed E-state index contributed by atoms with van der Waals surface area (Å²) in [7, 11) is 0. The molecule has 0 aliphatic heterocycles. The number of rotatable bonds is 5. The van der Waals surface area contributed by atoms with Crippen LogP contribution in [0.5, 0.6) is 0 Å². The van der Waals surface area contributed by atoms with E-state index < -0.39 is 43.0 Å². The quantitative estimate of drug-likeness (QED) is 0.249. The van der Waals surface area contributed by atoms with Crippen LogP contribution in [-0.2, 0) is 10.2 Å². The Balaban J connectivity index is 0.000000525. The Morgan fingerprint density at radius 3 is 1.73 bits per heavy atom. The lowest BCUT2D eigenvalue weighted by atomic mass is 9.85. The zero-order valence-corrected chi connectivity index (χ0v) is 23.0. The second kappa shape index (κ2) is 12.4. The van der Waals surface area contributed by atoms with E-state index in [-0.39, 0.29) is 25.8 Å². The number of hydrogen-bond acceptors (Lipinski definition) is 3. The van der Waals surface area contributed by atoms with Crippen molar-refractivity contribution in [3.8, 4) is 5.69 Å². The number of anilines is 1. The molecule has 2 aromatic rings. The van der Waals surface area contributed by atoms with Crippen LogP contribution in [0.2, 0.25) is 0 Å². The van der Waals surface area contributed by atoms with Crippen molar-refractivity contribution in [2.75, 3.05) is 18.5 Å². The Morgan fingerprint density at radius 2 is 1.38 bits per heavy atom. The SMILES string of the molecule is Cc1ccc(-n2nc(C(C)(C(F)(F)F)C(F)(F)F)cc2NC(=O)O)cc1.ClC(Cl)(Cl)COCC(Cl)(Cl)Cl. The Morgan fingerprint density at radius 1 is 0.946 bits per heavy atom. The fourth-order valence-corrected chi connectivity index (χ4v) is 2.90. The van der Waals surface area contributed by atoms with Gasteiger partial charge in [0.2, 0.25) is 13.0 Å². The van der Waals surface area contributed by atoms with Gasteiger partial charge in [0.15, 0.2) is 0 Å². The fourth-order valence-electron chi connectivity index (χ4n) is 2.44. The molecule has 6 nitrogen and oxygen atoms in total. The van der Waals surface area contributed by atoms with E-state index in [2.05, 4.69) is 5.10 Å². The Bertz CT molecular complexity index is 1020. The van der Waals surface area contributed by atoms with Crippen molar-refractivity contribution in [1.82, 2.24) is 9.78 Å².